The molecule has 0 aliphatic carbocycles. The minimum absolute atomic E-state index is 0.986. The van der Waals surface area contributed by atoms with Gasteiger partial charge in [-0.15, -0.1) is 11.3 Å². The van der Waals surface area contributed by atoms with Crippen LogP contribution in [0.3, 0.4) is 0 Å². The van der Waals surface area contributed by atoms with E-state index in [1.165, 1.54) is 9.75 Å². The Morgan fingerprint density at radius 3 is 2.40 bits per heavy atom. The molecule has 0 amide bonds. The highest BCUT2D eigenvalue weighted by Gasteiger charge is 1.96. The predicted octanol–water partition coefficient (Wildman–Crippen LogP) is 3.58. The first-order valence-electron chi connectivity index (χ1n) is 3.06. The third-order valence-electron chi connectivity index (χ3n) is 1.19. The lowest BCUT2D eigenvalue weighted by Gasteiger charge is -1.87. The van der Waals surface area contributed by atoms with E-state index in [9.17, 15) is 0 Å². The van der Waals surface area contributed by atoms with Crippen LogP contribution in [-0.4, -0.2) is 5.33 Å². The van der Waals surface area contributed by atoms with Crippen molar-refractivity contribution in [1.82, 2.24) is 0 Å². The molecule has 3 heteroatoms. The van der Waals surface area contributed by atoms with Gasteiger partial charge in [-0.3, -0.25) is 0 Å². The molecule has 56 valence electrons. The number of rotatable bonds is 3. The van der Waals surface area contributed by atoms with E-state index in [0.717, 1.165) is 17.1 Å². The van der Waals surface area contributed by atoms with Crippen molar-refractivity contribution in [1.29, 1.82) is 0 Å². The van der Waals surface area contributed by atoms with E-state index in [1.807, 2.05) is 11.3 Å². The van der Waals surface area contributed by atoms with Crippen LogP contribution in [0.2, 0.25) is 0 Å². The van der Waals surface area contributed by atoms with Gasteiger partial charge in [-0.05, 0) is 18.6 Å². The highest BCUT2D eigenvalue weighted by Crippen LogP contribution is 2.19. The molecule has 0 saturated heterocycles. The van der Waals surface area contributed by atoms with Crippen molar-refractivity contribution in [2.45, 2.75) is 11.8 Å². The minimum Gasteiger partial charge on any atom is -0.145 e. The van der Waals surface area contributed by atoms with Crippen molar-refractivity contribution in [2.24, 2.45) is 0 Å². The Morgan fingerprint density at radius 1 is 1.20 bits per heavy atom. The first-order chi connectivity index (χ1) is 4.86. The highest BCUT2D eigenvalue weighted by molar-refractivity contribution is 9.09. The van der Waals surface area contributed by atoms with Crippen LogP contribution in [0.25, 0.3) is 0 Å². The summed E-state index contributed by atoms with van der Waals surface area (Å²) in [6, 6.07) is 4.37. The first kappa shape index (κ1) is 8.75. The van der Waals surface area contributed by atoms with E-state index < -0.39 is 0 Å². The quantitative estimate of drug-likeness (QED) is 0.744. The fourth-order valence-electron chi connectivity index (χ4n) is 0.722. The summed E-state index contributed by atoms with van der Waals surface area (Å²) >= 11 is 8.71. The van der Waals surface area contributed by atoms with Gasteiger partial charge in [0.15, 0.2) is 0 Å². The van der Waals surface area contributed by atoms with Crippen LogP contribution in [-0.2, 0) is 11.8 Å². The molecule has 0 nitrogen and oxygen atoms in total. The molecule has 0 unspecified atom stereocenters. The van der Waals surface area contributed by atoms with Crippen LogP contribution in [0.1, 0.15) is 9.75 Å². The van der Waals surface area contributed by atoms with Crippen molar-refractivity contribution in [3.05, 3.63) is 21.9 Å². The minimum atomic E-state index is 0.986. The molecular formula is C7H8Br2S. The van der Waals surface area contributed by atoms with Crippen LogP contribution in [0, 0.1) is 0 Å². The van der Waals surface area contributed by atoms with Gasteiger partial charge in [0.2, 0.25) is 0 Å². The number of alkyl halides is 2. The van der Waals surface area contributed by atoms with E-state index in [4.69, 9.17) is 0 Å². The average Bonchev–Trinajstić information content (AvgIpc) is 2.37. The van der Waals surface area contributed by atoms with Crippen LogP contribution in [0.5, 0.6) is 0 Å². The van der Waals surface area contributed by atoms with E-state index in [0.29, 0.717) is 0 Å². The van der Waals surface area contributed by atoms with Gasteiger partial charge in [0.1, 0.15) is 0 Å². The predicted molar refractivity (Wildman–Crippen MR) is 54.4 cm³/mol. The molecule has 0 N–H and O–H groups in total. The zero-order chi connectivity index (χ0) is 7.40. The maximum absolute atomic E-state index is 3.42. The lowest BCUT2D eigenvalue weighted by molar-refractivity contribution is 1.22. The van der Waals surface area contributed by atoms with Gasteiger partial charge in [-0.2, -0.15) is 0 Å². The Balaban J connectivity index is 2.59. The zero-order valence-corrected chi connectivity index (χ0v) is 9.43. The number of thiophene rings is 1. The SMILES string of the molecule is BrCCc1ccc(CBr)s1. The summed E-state index contributed by atoms with van der Waals surface area (Å²) in [5.41, 5.74) is 0. The summed E-state index contributed by atoms with van der Waals surface area (Å²) in [6.45, 7) is 0. The van der Waals surface area contributed by atoms with Crippen LogP contribution in [0.4, 0.5) is 0 Å². The van der Waals surface area contributed by atoms with Gasteiger partial charge in [-0.1, -0.05) is 31.9 Å². The number of hydrogen-bond donors (Lipinski definition) is 0. The monoisotopic (exact) mass is 282 g/mol. The summed E-state index contributed by atoms with van der Waals surface area (Å²) in [6.07, 6.45) is 1.15. The Bertz CT molecular complexity index is 195. The van der Waals surface area contributed by atoms with Crippen LogP contribution >= 0.6 is 43.2 Å². The molecule has 0 fully saturated rings. The molecular weight excluding hydrogens is 276 g/mol. The van der Waals surface area contributed by atoms with Crippen LogP contribution in [0.15, 0.2) is 12.1 Å². The Labute approximate surface area is 81.9 Å². The normalized spacial score (nSPS) is 10.2. The van der Waals surface area contributed by atoms with E-state index in [1.54, 1.807) is 0 Å². The van der Waals surface area contributed by atoms with E-state index in [-0.39, 0.29) is 0 Å². The van der Waals surface area contributed by atoms with Crippen LogP contribution < -0.4 is 0 Å². The topological polar surface area (TPSA) is 0 Å². The lowest BCUT2D eigenvalue weighted by atomic mass is 10.4. The second-order valence-corrected chi connectivity index (χ2v) is 4.55. The molecule has 0 aliphatic rings. The number of halogens is 2. The number of aryl methyl sites for hydroxylation is 1. The van der Waals surface area contributed by atoms with Gasteiger partial charge in [-0.25, -0.2) is 0 Å². The standard InChI is InChI=1S/C7H8Br2S/c8-4-3-6-1-2-7(5-9)10-6/h1-2H,3-5H2. The Kier molecular flexibility index (Phi) is 3.96. The zero-order valence-electron chi connectivity index (χ0n) is 5.44. The summed E-state index contributed by atoms with van der Waals surface area (Å²) < 4.78 is 0. The van der Waals surface area contributed by atoms with Crippen molar-refractivity contribution in [2.75, 3.05) is 5.33 Å². The van der Waals surface area contributed by atoms with Gasteiger partial charge >= 0.3 is 0 Å². The maximum atomic E-state index is 3.42. The molecule has 10 heavy (non-hydrogen) atoms. The van der Waals surface area contributed by atoms with Crippen molar-refractivity contribution in [3.63, 3.8) is 0 Å². The maximum Gasteiger partial charge on any atom is 0.0377 e. The highest BCUT2D eigenvalue weighted by atomic mass is 79.9. The molecule has 1 rings (SSSR count). The second-order valence-electron chi connectivity index (χ2n) is 1.94. The summed E-state index contributed by atoms with van der Waals surface area (Å²) in [5.74, 6) is 0. The smallest absolute Gasteiger partial charge is 0.0377 e. The molecule has 1 aromatic heterocycles. The van der Waals surface area contributed by atoms with Crippen molar-refractivity contribution < 1.29 is 0 Å². The van der Waals surface area contributed by atoms with Gasteiger partial charge in [0.05, 0.1) is 0 Å². The Morgan fingerprint density at radius 2 is 1.90 bits per heavy atom. The molecule has 0 saturated carbocycles. The summed E-state index contributed by atoms with van der Waals surface area (Å²) in [7, 11) is 0. The molecule has 0 radical (unpaired) electrons. The Hall–Kier alpha value is 0.660. The van der Waals surface area contributed by atoms with Crippen molar-refractivity contribution in [3.8, 4) is 0 Å². The fourth-order valence-corrected chi connectivity index (χ4v) is 2.81. The molecule has 0 aromatic carbocycles. The molecule has 1 heterocycles. The third-order valence-corrected chi connectivity index (χ3v) is 3.71. The average molecular weight is 284 g/mol. The molecule has 0 spiro atoms. The molecule has 1 aromatic rings. The van der Waals surface area contributed by atoms with E-state index >= 15 is 0 Å². The van der Waals surface area contributed by atoms with E-state index in [2.05, 4.69) is 44.0 Å². The number of hydrogen-bond acceptors (Lipinski definition) is 1. The second kappa shape index (κ2) is 4.52. The molecule has 0 aliphatic heterocycles. The summed E-state index contributed by atoms with van der Waals surface area (Å²) in [5, 5.41) is 2.05. The summed E-state index contributed by atoms with van der Waals surface area (Å²) in [4.78, 5) is 2.88. The largest absolute Gasteiger partial charge is 0.145 e. The lowest BCUT2D eigenvalue weighted by Crippen LogP contribution is -1.76. The first-order valence-corrected chi connectivity index (χ1v) is 6.12. The van der Waals surface area contributed by atoms with Gasteiger partial charge in [0.25, 0.3) is 0 Å². The molecule has 0 bridgehead atoms. The fraction of sp³-hybridized carbons (Fsp3) is 0.429. The third kappa shape index (κ3) is 2.36. The van der Waals surface area contributed by atoms with Gasteiger partial charge in [0, 0.05) is 20.4 Å². The van der Waals surface area contributed by atoms with Gasteiger partial charge < -0.3 is 0 Å². The van der Waals surface area contributed by atoms with Crippen molar-refractivity contribution >= 4 is 43.2 Å². The molecule has 0 atom stereocenters.